The molecule has 0 aromatic heterocycles. The average Bonchev–Trinajstić information content (AvgIpc) is 1.98. The van der Waals surface area contributed by atoms with Gasteiger partial charge in [-0.2, -0.15) is 5.26 Å². The summed E-state index contributed by atoms with van der Waals surface area (Å²) < 4.78 is 4.38. The lowest BCUT2D eigenvalue weighted by Crippen LogP contribution is -2.00. The highest BCUT2D eigenvalue weighted by Crippen LogP contribution is 2.05. The number of rotatable bonds is 2. The third-order valence-electron chi connectivity index (χ3n) is 0.796. The molecular weight excluding hydrogens is 150 g/mol. The Morgan fingerprint density at radius 3 is 2.80 bits per heavy atom. The van der Waals surface area contributed by atoms with Gasteiger partial charge in [-0.15, -0.1) is 0 Å². The molecule has 0 rings (SSSR count). The zero-order valence-electron chi connectivity index (χ0n) is 5.75. The molecule has 0 radical (unpaired) electrons. The highest BCUT2D eigenvalue weighted by molar-refractivity contribution is 8.06. The Balaban J connectivity index is 3.95. The number of thioether (sulfide) groups is 1. The number of hydrogen-bond donors (Lipinski definition) is 0. The van der Waals surface area contributed by atoms with Gasteiger partial charge in [0.15, 0.2) is 0 Å². The van der Waals surface area contributed by atoms with E-state index in [9.17, 15) is 4.79 Å². The summed E-state index contributed by atoms with van der Waals surface area (Å²) in [7, 11) is 1.30. The molecule has 0 aromatic rings. The summed E-state index contributed by atoms with van der Waals surface area (Å²) in [4.78, 5) is 10.6. The molecule has 0 amide bonds. The number of nitriles is 1. The second kappa shape index (κ2) is 4.89. The maximum Gasteiger partial charge on any atom is 0.333 e. The van der Waals surface area contributed by atoms with E-state index in [0.29, 0.717) is 5.57 Å². The van der Waals surface area contributed by atoms with Crippen molar-refractivity contribution in [1.82, 2.24) is 0 Å². The van der Waals surface area contributed by atoms with Gasteiger partial charge in [-0.25, -0.2) is 4.79 Å². The average molecular weight is 157 g/mol. The van der Waals surface area contributed by atoms with Crippen LogP contribution >= 0.6 is 11.8 Å². The summed E-state index contributed by atoms with van der Waals surface area (Å²) in [5.74, 6) is -0.400. The van der Waals surface area contributed by atoms with E-state index >= 15 is 0 Å². The Morgan fingerprint density at radius 1 is 1.80 bits per heavy atom. The van der Waals surface area contributed by atoms with Crippen molar-refractivity contribution >= 4 is 17.7 Å². The number of ether oxygens (including phenoxy) is 1. The normalized spacial score (nSPS) is 10.3. The molecule has 0 bridgehead atoms. The SMILES string of the molecule is COC(=O)/C(C)=C/SC#N. The van der Waals surface area contributed by atoms with E-state index in [1.54, 1.807) is 6.92 Å². The van der Waals surface area contributed by atoms with E-state index < -0.39 is 5.97 Å². The first-order valence-electron chi connectivity index (χ1n) is 2.52. The fourth-order valence-electron chi connectivity index (χ4n) is 0.324. The van der Waals surface area contributed by atoms with Crippen LogP contribution in [-0.4, -0.2) is 13.1 Å². The third kappa shape index (κ3) is 3.15. The van der Waals surface area contributed by atoms with Crippen molar-refractivity contribution in [2.45, 2.75) is 6.92 Å². The summed E-state index contributed by atoms with van der Waals surface area (Å²) in [5, 5.41) is 11.3. The summed E-state index contributed by atoms with van der Waals surface area (Å²) in [5.41, 5.74) is 0.439. The number of methoxy groups -OCH3 is 1. The summed E-state index contributed by atoms with van der Waals surface area (Å²) in [6, 6.07) is 0. The molecule has 0 saturated heterocycles. The molecule has 0 N–H and O–H groups in total. The molecule has 0 aromatic carbocycles. The highest BCUT2D eigenvalue weighted by atomic mass is 32.2. The lowest BCUT2D eigenvalue weighted by Gasteiger charge is -1.94. The van der Waals surface area contributed by atoms with Crippen LogP contribution in [0.2, 0.25) is 0 Å². The standard InChI is InChI=1S/C6H7NO2S/c1-5(3-10-4-7)6(8)9-2/h3H,1-2H3/b5-3+. The molecule has 0 aliphatic rings. The minimum absolute atomic E-state index is 0.400. The van der Waals surface area contributed by atoms with Crippen LogP contribution in [0.4, 0.5) is 0 Å². The van der Waals surface area contributed by atoms with Crippen LogP contribution in [0.1, 0.15) is 6.92 Å². The minimum atomic E-state index is -0.400. The molecule has 10 heavy (non-hydrogen) atoms. The largest absolute Gasteiger partial charge is 0.466 e. The minimum Gasteiger partial charge on any atom is -0.466 e. The Labute approximate surface area is 63.7 Å². The van der Waals surface area contributed by atoms with Gasteiger partial charge in [-0.05, 0) is 24.1 Å². The molecule has 0 fully saturated rings. The summed E-state index contributed by atoms with van der Waals surface area (Å²) >= 11 is 0.903. The van der Waals surface area contributed by atoms with Crippen molar-refractivity contribution in [3.63, 3.8) is 0 Å². The van der Waals surface area contributed by atoms with Gasteiger partial charge in [0.1, 0.15) is 5.40 Å². The lowest BCUT2D eigenvalue weighted by molar-refractivity contribution is -0.136. The fourth-order valence-corrected chi connectivity index (χ4v) is 0.650. The highest BCUT2D eigenvalue weighted by Gasteiger charge is 2.00. The van der Waals surface area contributed by atoms with Crippen LogP contribution < -0.4 is 0 Å². The predicted octanol–water partition coefficient (Wildman–Crippen LogP) is 1.28. The van der Waals surface area contributed by atoms with Gasteiger partial charge >= 0.3 is 5.97 Å². The van der Waals surface area contributed by atoms with Crippen LogP contribution in [0.3, 0.4) is 0 Å². The second-order valence-electron chi connectivity index (χ2n) is 1.50. The van der Waals surface area contributed by atoms with E-state index in [4.69, 9.17) is 5.26 Å². The van der Waals surface area contributed by atoms with Crippen LogP contribution in [0.15, 0.2) is 11.0 Å². The van der Waals surface area contributed by atoms with E-state index in [2.05, 4.69) is 4.74 Å². The third-order valence-corrected chi connectivity index (χ3v) is 1.37. The first kappa shape index (κ1) is 9.05. The number of thiocyanates is 1. The van der Waals surface area contributed by atoms with Crippen molar-refractivity contribution in [1.29, 1.82) is 5.26 Å². The van der Waals surface area contributed by atoms with Crippen molar-refractivity contribution < 1.29 is 9.53 Å². The van der Waals surface area contributed by atoms with Crippen molar-refractivity contribution in [3.8, 4) is 5.40 Å². The monoisotopic (exact) mass is 157 g/mol. The van der Waals surface area contributed by atoms with Crippen LogP contribution in [-0.2, 0) is 9.53 Å². The Hall–Kier alpha value is -0.950. The topological polar surface area (TPSA) is 50.1 Å². The van der Waals surface area contributed by atoms with E-state index in [-0.39, 0.29) is 0 Å². The van der Waals surface area contributed by atoms with Crippen LogP contribution in [0.5, 0.6) is 0 Å². The van der Waals surface area contributed by atoms with E-state index in [0.717, 1.165) is 11.8 Å². The van der Waals surface area contributed by atoms with Gasteiger partial charge in [-0.3, -0.25) is 0 Å². The van der Waals surface area contributed by atoms with E-state index in [1.807, 2.05) is 5.40 Å². The number of nitrogens with zero attached hydrogens (tertiary/aromatic N) is 1. The van der Waals surface area contributed by atoms with Gasteiger partial charge in [0.25, 0.3) is 0 Å². The molecule has 0 spiro atoms. The molecule has 0 saturated carbocycles. The van der Waals surface area contributed by atoms with Crippen molar-refractivity contribution in [2.24, 2.45) is 0 Å². The fraction of sp³-hybridized carbons (Fsp3) is 0.333. The van der Waals surface area contributed by atoms with Crippen LogP contribution in [0.25, 0.3) is 0 Å². The number of carbonyl (C=O) groups is 1. The van der Waals surface area contributed by atoms with Crippen molar-refractivity contribution in [2.75, 3.05) is 7.11 Å². The summed E-state index contributed by atoms with van der Waals surface area (Å²) in [6.45, 7) is 1.59. The molecular formula is C6H7NO2S. The summed E-state index contributed by atoms with van der Waals surface area (Å²) in [6.07, 6.45) is 0. The van der Waals surface area contributed by atoms with Crippen LogP contribution in [0, 0.1) is 10.7 Å². The predicted molar refractivity (Wildman–Crippen MR) is 39.0 cm³/mol. The maximum absolute atomic E-state index is 10.6. The first-order chi connectivity index (χ1) is 4.72. The number of hydrogen-bond acceptors (Lipinski definition) is 4. The van der Waals surface area contributed by atoms with Gasteiger partial charge < -0.3 is 4.74 Å². The molecule has 3 nitrogen and oxygen atoms in total. The molecule has 0 aliphatic carbocycles. The number of esters is 1. The zero-order valence-corrected chi connectivity index (χ0v) is 6.57. The molecule has 0 unspecified atom stereocenters. The van der Waals surface area contributed by atoms with Gasteiger partial charge in [0.2, 0.25) is 0 Å². The van der Waals surface area contributed by atoms with E-state index in [1.165, 1.54) is 12.5 Å². The lowest BCUT2D eigenvalue weighted by atomic mass is 10.4. The van der Waals surface area contributed by atoms with Gasteiger partial charge in [0.05, 0.1) is 7.11 Å². The van der Waals surface area contributed by atoms with Crippen molar-refractivity contribution in [3.05, 3.63) is 11.0 Å². The molecule has 0 atom stereocenters. The smallest absolute Gasteiger partial charge is 0.333 e. The number of carbonyl (C=O) groups excluding carboxylic acids is 1. The Kier molecular flexibility index (Phi) is 4.42. The first-order valence-corrected chi connectivity index (χ1v) is 3.40. The molecule has 4 heteroatoms. The Bertz CT molecular complexity index is 192. The van der Waals surface area contributed by atoms with Gasteiger partial charge in [0, 0.05) is 5.57 Å². The quantitative estimate of drug-likeness (QED) is 0.344. The molecule has 0 heterocycles. The Morgan fingerprint density at radius 2 is 2.40 bits per heavy atom. The maximum atomic E-state index is 10.6. The molecule has 0 aliphatic heterocycles. The molecule has 54 valence electrons. The second-order valence-corrected chi connectivity index (χ2v) is 2.16. The van der Waals surface area contributed by atoms with Gasteiger partial charge in [-0.1, -0.05) is 0 Å². The zero-order chi connectivity index (χ0) is 7.98.